The largest absolute Gasteiger partial charge is 0.446 e. The number of carbonyl (C=O) groups is 1. The fourth-order valence-electron chi connectivity index (χ4n) is 4.37. The third kappa shape index (κ3) is 2.64. The first-order valence-electron chi connectivity index (χ1n) is 9.40. The van der Waals surface area contributed by atoms with E-state index < -0.39 is 12.3 Å². The van der Waals surface area contributed by atoms with Crippen LogP contribution in [0.1, 0.15) is 37.9 Å². The molecule has 0 spiro atoms. The number of nitrogens with one attached hydrogen (secondary N) is 1. The molecule has 3 aromatic rings. The molecule has 1 saturated carbocycles. The van der Waals surface area contributed by atoms with Crippen molar-refractivity contribution in [2.24, 2.45) is 5.92 Å². The average Bonchev–Trinajstić information content (AvgIpc) is 3.34. The second-order valence-corrected chi connectivity index (χ2v) is 7.48. The molecule has 1 aliphatic carbocycles. The van der Waals surface area contributed by atoms with E-state index in [1.807, 2.05) is 16.7 Å². The first-order valence-corrected chi connectivity index (χ1v) is 9.40. The van der Waals surface area contributed by atoms with Crippen LogP contribution in [0.3, 0.4) is 0 Å². The number of rotatable bonds is 3. The number of hydrogen-bond donors (Lipinski definition) is 1. The van der Waals surface area contributed by atoms with Gasteiger partial charge in [-0.25, -0.2) is 14.2 Å². The molecule has 1 N–H and O–H groups in total. The van der Waals surface area contributed by atoms with Crippen LogP contribution in [0.25, 0.3) is 16.8 Å². The fraction of sp³-hybridized carbons (Fsp3) is 0.556. The van der Waals surface area contributed by atoms with Gasteiger partial charge in [0.2, 0.25) is 0 Å². The van der Waals surface area contributed by atoms with Gasteiger partial charge < -0.3 is 14.6 Å². The lowest BCUT2D eigenvalue weighted by Crippen LogP contribution is -2.52. The van der Waals surface area contributed by atoms with Gasteiger partial charge in [-0.3, -0.25) is 4.40 Å². The molecule has 1 aliphatic heterocycles. The third-order valence-electron chi connectivity index (χ3n) is 5.84. The quantitative estimate of drug-likeness (QED) is 0.764. The van der Waals surface area contributed by atoms with E-state index in [0.29, 0.717) is 18.0 Å². The number of carbonyl (C=O) groups excluding carboxylic acids is 1. The first kappa shape index (κ1) is 16.5. The average molecular weight is 372 g/mol. The van der Waals surface area contributed by atoms with E-state index >= 15 is 0 Å². The Kier molecular flexibility index (Phi) is 3.76. The molecule has 8 nitrogen and oxygen atoms in total. The highest BCUT2D eigenvalue weighted by atomic mass is 19.1. The minimum absolute atomic E-state index is 0.138. The second kappa shape index (κ2) is 6.17. The minimum Gasteiger partial charge on any atom is -0.446 e. The van der Waals surface area contributed by atoms with Crippen molar-refractivity contribution in [3.63, 3.8) is 0 Å². The van der Waals surface area contributed by atoms with Crippen LogP contribution >= 0.6 is 0 Å². The molecular weight excluding hydrogens is 351 g/mol. The molecule has 27 heavy (non-hydrogen) atoms. The number of halogens is 1. The molecule has 2 aliphatic rings. The third-order valence-corrected chi connectivity index (χ3v) is 5.84. The molecule has 142 valence electrons. The maximum atomic E-state index is 13.0. The highest BCUT2D eigenvalue weighted by Crippen LogP contribution is 2.42. The van der Waals surface area contributed by atoms with Crippen molar-refractivity contribution in [3.05, 3.63) is 24.3 Å². The molecule has 1 amide bonds. The maximum absolute atomic E-state index is 13.0. The molecule has 4 heterocycles. The summed E-state index contributed by atoms with van der Waals surface area (Å²) in [5.41, 5.74) is 2.44. The number of aromatic amines is 1. The Labute approximate surface area is 154 Å². The van der Waals surface area contributed by atoms with Gasteiger partial charge in [0.05, 0.1) is 24.8 Å². The summed E-state index contributed by atoms with van der Waals surface area (Å²) >= 11 is 0. The molecule has 5 rings (SSSR count). The summed E-state index contributed by atoms with van der Waals surface area (Å²) < 4.78 is 20.7. The van der Waals surface area contributed by atoms with Gasteiger partial charge >= 0.3 is 6.09 Å². The van der Waals surface area contributed by atoms with Crippen molar-refractivity contribution in [3.8, 4) is 0 Å². The van der Waals surface area contributed by atoms with Gasteiger partial charge in [-0.05, 0) is 24.8 Å². The molecule has 9 heteroatoms. The van der Waals surface area contributed by atoms with Gasteiger partial charge in [-0.2, -0.15) is 0 Å². The van der Waals surface area contributed by atoms with Crippen LogP contribution in [0.4, 0.5) is 9.18 Å². The highest BCUT2D eigenvalue weighted by Gasteiger charge is 2.41. The molecule has 0 radical (unpaired) electrons. The van der Waals surface area contributed by atoms with Gasteiger partial charge in [0.25, 0.3) is 0 Å². The summed E-state index contributed by atoms with van der Waals surface area (Å²) in [6.45, 7) is 2.42. The van der Waals surface area contributed by atoms with Gasteiger partial charge in [0.1, 0.15) is 18.1 Å². The van der Waals surface area contributed by atoms with Gasteiger partial charge in [-0.15, -0.1) is 10.2 Å². The predicted octanol–water partition coefficient (Wildman–Crippen LogP) is 2.67. The Balaban J connectivity index is 1.42. The van der Waals surface area contributed by atoms with E-state index in [2.05, 4.69) is 27.1 Å². The second-order valence-electron chi connectivity index (χ2n) is 7.48. The van der Waals surface area contributed by atoms with E-state index in [4.69, 9.17) is 4.74 Å². The summed E-state index contributed by atoms with van der Waals surface area (Å²) in [5, 5.41) is 8.74. The Hall–Kier alpha value is -2.71. The van der Waals surface area contributed by atoms with Crippen molar-refractivity contribution in [1.82, 2.24) is 29.5 Å². The van der Waals surface area contributed by atoms with Crippen molar-refractivity contribution in [1.29, 1.82) is 0 Å². The molecule has 1 saturated heterocycles. The number of alkyl halides is 1. The summed E-state index contributed by atoms with van der Waals surface area (Å²) in [7, 11) is 0. The van der Waals surface area contributed by atoms with E-state index in [1.165, 1.54) is 4.90 Å². The molecule has 0 aromatic carbocycles. The number of amides is 1. The zero-order valence-electron chi connectivity index (χ0n) is 15.0. The van der Waals surface area contributed by atoms with Crippen LogP contribution in [-0.2, 0) is 4.74 Å². The van der Waals surface area contributed by atoms with Crippen molar-refractivity contribution in [2.75, 3.05) is 13.1 Å². The normalized spacial score (nSPS) is 26.0. The van der Waals surface area contributed by atoms with Crippen LogP contribution in [0, 0.1) is 5.92 Å². The number of H-pyrrole nitrogens is 1. The lowest BCUT2D eigenvalue weighted by atomic mass is 9.93. The first-order chi connectivity index (χ1) is 13.1. The number of fused-ring (bicyclic) bond motifs is 3. The van der Waals surface area contributed by atoms with Crippen molar-refractivity contribution >= 4 is 22.9 Å². The highest BCUT2D eigenvalue weighted by molar-refractivity contribution is 5.74. The fourth-order valence-corrected chi connectivity index (χ4v) is 4.37. The number of nitrogens with zero attached hydrogens (tertiary/aromatic N) is 5. The molecule has 0 bridgehead atoms. The minimum atomic E-state index is -0.919. The SMILES string of the molecule is CC[C@@H]1C[C@H](OC(=O)N2CC(F)C2)C[C@@H]1c1nnc2cnc3[nH]ccc3n12. The number of hydrogen-bond acceptors (Lipinski definition) is 5. The van der Waals surface area contributed by atoms with E-state index in [1.54, 1.807) is 6.20 Å². The monoisotopic (exact) mass is 372 g/mol. The van der Waals surface area contributed by atoms with Crippen LogP contribution in [0.15, 0.2) is 18.5 Å². The summed E-state index contributed by atoms with van der Waals surface area (Å²) in [4.78, 5) is 21.1. The summed E-state index contributed by atoms with van der Waals surface area (Å²) in [5.74, 6) is 1.38. The Bertz CT molecular complexity index is 994. The van der Waals surface area contributed by atoms with Crippen LogP contribution in [-0.4, -0.2) is 60.9 Å². The Morgan fingerprint density at radius 3 is 3.00 bits per heavy atom. The van der Waals surface area contributed by atoms with Gasteiger partial charge in [0.15, 0.2) is 11.3 Å². The predicted molar refractivity (Wildman–Crippen MR) is 95.1 cm³/mol. The van der Waals surface area contributed by atoms with E-state index in [9.17, 15) is 9.18 Å². The molecule has 0 unspecified atom stereocenters. The maximum Gasteiger partial charge on any atom is 0.410 e. The van der Waals surface area contributed by atoms with Gasteiger partial charge in [-0.1, -0.05) is 13.3 Å². The Morgan fingerprint density at radius 2 is 2.22 bits per heavy atom. The number of likely N-dealkylation sites (tertiary alicyclic amines) is 1. The molecular formula is C18H21FN6O2. The van der Waals surface area contributed by atoms with Crippen molar-refractivity contribution < 1.29 is 13.9 Å². The summed E-state index contributed by atoms with van der Waals surface area (Å²) in [6.07, 6.45) is 4.50. The molecule has 2 fully saturated rings. The zero-order valence-corrected chi connectivity index (χ0v) is 15.0. The summed E-state index contributed by atoms with van der Waals surface area (Å²) in [6, 6.07) is 1.97. The van der Waals surface area contributed by atoms with E-state index in [-0.39, 0.29) is 25.1 Å². The van der Waals surface area contributed by atoms with Crippen LogP contribution < -0.4 is 0 Å². The van der Waals surface area contributed by atoms with Crippen molar-refractivity contribution in [2.45, 2.75) is 44.4 Å². The topological polar surface area (TPSA) is 88.4 Å². The lowest BCUT2D eigenvalue weighted by molar-refractivity contribution is 0.0172. The zero-order chi connectivity index (χ0) is 18.5. The van der Waals surface area contributed by atoms with Gasteiger partial charge in [0, 0.05) is 12.1 Å². The number of aromatic nitrogens is 5. The lowest BCUT2D eigenvalue weighted by Gasteiger charge is -2.34. The van der Waals surface area contributed by atoms with Crippen LogP contribution in [0.2, 0.25) is 0 Å². The van der Waals surface area contributed by atoms with Crippen LogP contribution in [0.5, 0.6) is 0 Å². The molecule has 3 aromatic heterocycles. The molecule has 3 atom stereocenters. The van der Waals surface area contributed by atoms with E-state index in [0.717, 1.165) is 29.8 Å². The standard InChI is InChI=1S/C18H21FN6O2/c1-2-10-5-12(27-18(26)24-8-11(19)9-24)6-13(10)17-23-22-15-7-21-16-14(25(15)17)3-4-20-16/h3-4,7,10-13,20H,2,5-6,8-9H2,1H3/t10-,12+,13+/m1/s1. The smallest absolute Gasteiger partial charge is 0.410 e. The number of ether oxygens (including phenoxy) is 1. The Morgan fingerprint density at radius 1 is 1.37 bits per heavy atom.